The van der Waals surface area contributed by atoms with E-state index >= 15 is 0 Å². The second-order valence-electron chi connectivity index (χ2n) is 12.5. The molecule has 10 heteroatoms. The van der Waals surface area contributed by atoms with Crippen molar-refractivity contribution < 1.29 is 14.7 Å². The molecular weight excluding hydrogens is 564 g/mol. The predicted octanol–water partition coefficient (Wildman–Crippen LogP) is 4.16. The van der Waals surface area contributed by atoms with E-state index in [0.717, 1.165) is 38.9 Å². The molecule has 1 aliphatic carbocycles. The molecule has 1 spiro atoms. The molecule has 2 aromatic heterocycles. The first-order valence-corrected chi connectivity index (χ1v) is 14.8. The minimum absolute atomic E-state index is 0.0508. The van der Waals surface area contributed by atoms with Crippen molar-refractivity contribution in [3.63, 3.8) is 0 Å². The Kier molecular flexibility index (Phi) is 5.55. The molecule has 43 heavy (non-hydrogen) atoms. The average molecular weight is 593 g/mol. The average Bonchev–Trinajstić information content (AvgIpc) is 3.74. The zero-order valence-electron chi connectivity index (χ0n) is 23.7. The number of aromatic nitrogens is 3. The summed E-state index contributed by atoms with van der Waals surface area (Å²) in [7, 11) is 0. The Balaban J connectivity index is 1.14. The van der Waals surface area contributed by atoms with Crippen molar-refractivity contribution in [1.29, 1.82) is 0 Å². The van der Waals surface area contributed by atoms with Crippen LogP contribution in [0.25, 0.3) is 0 Å². The summed E-state index contributed by atoms with van der Waals surface area (Å²) in [5.74, 6) is 1.01. The van der Waals surface area contributed by atoms with Gasteiger partial charge in [-0.05, 0) is 73.2 Å². The fourth-order valence-electron chi connectivity index (χ4n) is 7.28. The topological polar surface area (TPSA) is 122 Å². The van der Waals surface area contributed by atoms with Crippen LogP contribution in [0.5, 0.6) is 0 Å². The SMILES string of the molecule is CC(C)(O)c1cnc2n1Cc1c(cc(Cl)c3c1C=NC3)C[C@H]2NC(=O)c1ccc2c(c1)CC1(C2)C(=O)Nc2ncccc21. The van der Waals surface area contributed by atoms with E-state index in [1.807, 2.05) is 47.2 Å². The zero-order chi connectivity index (χ0) is 29.7. The summed E-state index contributed by atoms with van der Waals surface area (Å²) >= 11 is 6.68. The van der Waals surface area contributed by atoms with Crippen LogP contribution >= 0.6 is 11.6 Å². The number of halogens is 1. The van der Waals surface area contributed by atoms with Gasteiger partial charge < -0.3 is 20.3 Å². The monoisotopic (exact) mass is 592 g/mol. The molecule has 2 atom stereocenters. The van der Waals surface area contributed by atoms with Gasteiger partial charge in [-0.25, -0.2) is 9.97 Å². The Morgan fingerprint density at radius 3 is 2.81 bits per heavy atom. The largest absolute Gasteiger partial charge is 0.384 e. The molecule has 2 amide bonds. The number of aliphatic imine (C=N–C) groups is 1. The van der Waals surface area contributed by atoms with Gasteiger partial charge in [0.15, 0.2) is 0 Å². The summed E-state index contributed by atoms with van der Waals surface area (Å²) in [6.07, 6.45) is 6.81. The molecule has 2 aromatic carbocycles. The lowest BCUT2D eigenvalue weighted by atomic mass is 9.79. The lowest BCUT2D eigenvalue weighted by Crippen LogP contribution is -2.35. The summed E-state index contributed by atoms with van der Waals surface area (Å²) in [6, 6.07) is 11.0. The highest BCUT2D eigenvalue weighted by Crippen LogP contribution is 2.46. The van der Waals surface area contributed by atoms with E-state index in [1.54, 1.807) is 26.2 Å². The van der Waals surface area contributed by atoms with Gasteiger partial charge in [-0.1, -0.05) is 23.7 Å². The summed E-state index contributed by atoms with van der Waals surface area (Å²) in [4.78, 5) is 40.5. The van der Waals surface area contributed by atoms with E-state index < -0.39 is 17.1 Å². The predicted molar refractivity (Wildman–Crippen MR) is 162 cm³/mol. The third-order valence-corrected chi connectivity index (χ3v) is 9.75. The number of nitrogens with one attached hydrogen (secondary N) is 2. The van der Waals surface area contributed by atoms with Crippen LogP contribution in [-0.4, -0.2) is 37.7 Å². The first-order valence-electron chi connectivity index (χ1n) is 14.4. The van der Waals surface area contributed by atoms with E-state index in [2.05, 4.69) is 20.6 Å². The van der Waals surface area contributed by atoms with Crippen LogP contribution < -0.4 is 10.6 Å². The lowest BCUT2D eigenvalue weighted by molar-refractivity contribution is -0.120. The normalized spacial score (nSPS) is 21.1. The van der Waals surface area contributed by atoms with E-state index in [-0.39, 0.29) is 11.8 Å². The number of benzene rings is 2. The van der Waals surface area contributed by atoms with Gasteiger partial charge in [0.25, 0.3) is 5.91 Å². The summed E-state index contributed by atoms with van der Waals surface area (Å²) < 4.78 is 2.01. The standard InChI is InChI=1S/C33H29ClN6O3/c1-32(2,43)27-15-37-29-26(10-19-9-25(34)22-14-35-13-21(22)23(19)16-40(27)29)38-30(41)17-5-6-18-11-33(12-20(18)8-17)24-4-3-7-36-28(24)39-31(33)42/h3-9,13,15,26,43H,10-12,14,16H2,1-2H3,(H,38,41)(H,36,39,42)/t26-,33?/m1/s1. The van der Waals surface area contributed by atoms with E-state index in [9.17, 15) is 14.7 Å². The maximum atomic E-state index is 13.8. The third kappa shape index (κ3) is 3.91. The molecule has 4 aromatic rings. The summed E-state index contributed by atoms with van der Waals surface area (Å²) in [5, 5.41) is 17.8. The zero-order valence-corrected chi connectivity index (χ0v) is 24.5. The van der Waals surface area contributed by atoms with Crippen LogP contribution in [0.4, 0.5) is 5.82 Å². The van der Waals surface area contributed by atoms with Gasteiger partial charge in [0, 0.05) is 46.1 Å². The van der Waals surface area contributed by atoms with Crippen LogP contribution in [-0.2, 0) is 48.2 Å². The Morgan fingerprint density at radius 1 is 1.14 bits per heavy atom. The lowest BCUT2D eigenvalue weighted by Gasteiger charge is -2.22. The Bertz CT molecular complexity index is 1920. The molecule has 3 aliphatic heterocycles. The Morgan fingerprint density at radius 2 is 1.98 bits per heavy atom. The van der Waals surface area contributed by atoms with Crippen molar-refractivity contribution in [2.45, 2.75) is 63.3 Å². The number of carbonyl (C=O) groups excluding carboxylic acids is 2. The fourth-order valence-corrected chi connectivity index (χ4v) is 7.58. The second-order valence-corrected chi connectivity index (χ2v) is 12.9. The number of fused-ring (bicyclic) bond motifs is 7. The molecule has 4 aliphatic rings. The molecule has 0 bridgehead atoms. The molecular formula is C33H29ClN6O3. The smallest absolute Gasteiger partial charge is 0.251 e. The highest BCUT2D eigenvalue weighted by atomic mass is 35.5. The van der Waals surface area contributed by atoms with Crippen LogP contribution in [0, 0.1) is 0 Å². The number of imidazole rings is 1. The van der Waals surface area contributed by atoms with E-state index in [4.69, 9.17) is 16.6 Å². The number of aliphatic hydroxyl groups is 1. The van der Waals surface area contributed by atoms with Crippen molar-refractivity contribution in [1.82, 2.24) is 19.9 Å². The van der Waals surface area contributed by atoms with E-state index in [1.165, 1.54) is 0 Å². The summed E-state index contributed by atoms with van der Waals surface area (Å²) in [6.45, 7) is 4.50. The van der Waals surface area contributed by atoms with Crippen molar-refractivity contribution in [3.8, 4) is 0 Å². The molecule has 8 rings (SSSR count). The van der Waals surface area contributed by atoms with Gasteiger partial charge in [-0.2, -0.15) is 0 Å². The van der Waals surface area contributed by atoms with Gasteiger partial charge in [0.05, 0.1) is 36.4 Å². The molecule has 0 saturated heterocycles. The van der Waals surface area contributed by atoms with Crippen molar-refractivity contribution in [2.24, 2.45) is 4.99 Å². The van der Waals surface area contributed by atoms with E-state index in [0.29, 0.717) is 60.3 Å². The molecule has 0 saturated carbocycles. The van der Waals surface area contributed by atoms with Crippen LogP contribution in [0.1, 0.15) is 80.7 Å². The number of pyridine rings is 1. The molecule has 3 N–H and O–H groups in total. The number of carbonyl (C=O) groups is 2. The van der Waals surface area contributed by atoms with Gasteiger partial charge in [-0.3, -0.25) is 14.6 Å². The summed E-state index contributed by atoms with van der Waals surface area (Å²) in [5.41, 5.74) is 6.41. The fraction of sp³-hybridized carbons (Fsp3) is 0.303. The highest BCUT2D eigenvalue weighted by Gasteiger charge is 2.51. The first-order chi connectivity index (χ1) is 20.6. The highest BCUT2D eigenvalue weighted by molar-refractivity contribution is 6.32. The quantitative estimate of drug-likeness (QED) is 0.330. The van der Waals surface area contributed by atoms with Crippen molar-refractivity contribution in [2.75, 3.05) is 5.32 Å². The number of hydrogen-bond donors (Lipinski definition) is 3. The molecule has 0 radical (unpaired) electrons. The minimum Gasteiger partial charge on any atom is -0.384 e. The maximum Gasteiger partial charge on any atom is 0.251 e. The number of hydrogen-bond acceptors (Lipinski definition) is 6. The molecule has 1 unspecified atom stereocenters. The molecule has 0 fully saturated rings. The second kappa shape index (κ2) is 9.08. The molecule has 5 heterocycles. The van der Waals surface area contributed by atoms with Gasteiger partial charge in [0.2, 0.25) is 5.91 Å². The van der Waals surface area contributed by atoms with Crippen molar-refractivity contribution in [3.05, 3.63) is 110 Å². The molecule has 216 valence electrons. The number of amides is 2. The third-order valence-electron chi connectivity index (χ3n) is 9.41. The van der Waals surface area contributed by atoms with Gasteiger partial charge >= 0.3 is 0 Å². The van der Waals surface area contributed by atoms with Crippen LogP contribution in [0.2, 0.25) is 5.02 Å². The maximum absolute atomic E-state index is 13.8. The minimum atomic E-state index is -1.13. The van der Waals surface area contributed by atoms with Crippen molar-refractivity contribution >= 4 is 35.4 Å². The number of nitrogens with zero attached hydrogens (tertiary/aromatic N) is 4. The number of rotatable bonds is 3. The Hall–Kier alpha value is -4.34. The number of anilines is 1. The van der Waals surface area contributed by atoms with Crippen LogP contribution in [0.15, 0.2) is 53.8 Å². The van der Waals surface area contributed by atoms with Gasteiger partial charge in [0.1, 0.15) is 17.2 Å². The Labute approximate surface area is 253 Å². The first kappa shape index (κ1) is 26.3. The molecule has 9 nitrogen and oxygen atoms in total. The van der Waals surface area contributed by atoms with Crippen LogP contribution in [0.3, 0.4) is 0 Å². The van der Waals surface area contributed by atoms with Gasteiger partial charge in [-0.15, -0.1) is 0 Å².